The lowest BCUT2D eigenvalue weighted by molar-refractivity contribution is -0.134. The van der Waals surface area contributed by atoms with Gasteiger partial charge in [0.2, 0.25) is 0 Å². The number of halogens is 1. The number of aliphatic hydroxyl groups excluding tert-OH is 1. The summed E-state index contributed by atoms with van der Waals surface area (Å²) >= 11 is 8.13. The molecule has 1 fully saturated rings. The number of rotatable bonds is 11. The topological polar surface area (TPSA) is 185 Å². The van der Waals surface area contributed by atoms with E-state index in [9.17, 15) is 19.2 Å². The molecule has 2 aliphatic rings. The molecule has 0 amide bonds. The third kappa shape index (κ3) is 15.2. The summed E-state index contributed by atoms with van der Waals surface area (Å²) in [7, 11) is 0. The van der Waals surface area contributed by atoms with Crippen molar-refractivity contribution in [3.63, 3.8) is 0 Å². The lowest BCUT2D eigenvalue weighted by atomic mass is 10.0. The average Bonchev–Trinajstić information content (AvgIpc) is 3.15. The van der Waals surface area contributed by atoms with Crippen molar-refractivity contribution in [1.29, 1.82) is 0 Å². The second-order valence-electron chi connectivity index (χ2n) is 9.74. The minimum absolute atomic E-state index is 0.0330. The van der Waals surface area contributed by atoms with E-state index in [0.29, 0.717) is 24.3 Å². The maximum absolute atomic E-state index is 9.55. The first-order valence-electron chi connectivity index (χ1n) is 14.0. The zero-order valence-corrected chi connectivity index (χ0v) is 26.0. The molecule has 0 saturated carbocycles. The fourth-order valence-electron chi connectivity index (χ4n) is 4.35. The quantitative estimate of drug-likeness (QED) is 0.220. The van der Waals surface area contributed by atoms with Gasteiger partial charge in [0.25, 0.3) is 0 Å². The van der Waals surface area contributed by atoms with Gasteiger partial charge in [0, 0.05) is 91.4 Å². The number of carboxylic acids is 4. The number of hydrogen-bond donors (Lipinski definition) is 5. The van der Waals surface area contributed by atoms with Crippen LogP contribution in [0.4, 0.5) is 0 Å². The molecule has 2 aromatic rings. The number of ether oxygens (including phenoxy) is 1. The highest BCUT2D eigenvalue weighted by Gasteiger charge is 2.24. The highest BCUT2D eigenvalue weighted by atomic mass is 35.5. The molecule has 2 heterocycles. The largest absolute Gasteiger partial charge is 0.478 e. The number of aliphatic hydroxyl groups is 1. The third-order valence-electron chi connectivity index (χ3n) is 6.48. The molecule has 1 atom stereocenters. The number of piperazine rings is 1. The summed E-state index contributed by atoms with van der Waals surface area (Å²) in [5, 5.41) is 41.0. The minimum Gasteiger partial charge on any atom is -0.478 e. The van der Waals surface area contributed by atoms with Gasteiger partial charge in [-0.3, -0.25) is 4.90 Å². The number of carboxylic acid groups (broad SMARTS) is 4. The Morgan fingerprint density at radius 3 is 1.87 bits per heavy atom. The van der Waals surface area contributed by atoms with Gasteiger partial charge >= 0.3 is 23.9 Å². The van der Waals surface area contributed by atoms with Crippen LogP contribution in [0.2, 0.25) is 5.02 Å². The Morgan fingerprint density at radius 1 is 0.800 bits per heavy atom. The van der Waals surface area contributed by atoms with Crippen molar-refractivity contribution in [3.8, 4) is 0 Å². The molecule has 0 bridgehead atoms. The summed E-state index contributed by atoms with van der Waals surface area (Å²) < 4.78 is 6.44. The summed E-state index contributed by atoms with van der Waals surface area (Å²) in [6.45, 7) is 7.24. The second kappa shape index (κ2) is 20.3. The molecule has 2 aromatic carbocycles. The van der Waals surface area contributed by atoms with Crippen LogP contribution in [0.25, 0.3) is 0 Å². The van der Waals surface area contributed by atoms with E-state index in [2.05, 4.69) is 46.2 Å². The first-order valence-corrected chi connectivity index (χ1v) is 15.2. The summed E-state index contributed by atoms with van der Waals surface area (Å²) in [6.07, 6.45) is 4.01. The molecule has 1 saturated heterocycles. The fraction of sp³-hybridized carbons (Fsp3) is 0.355. The van der Waals surface area contributed by atoms with Crippen molar-refractivity contribution in [1.82, 2.24) is 9.80 Å². The molecule has 0 spiro atoms. The van der Waals surface area contributed by atoms with Crippen LogP contribution in [0.15, 0.2) is 76.6 Å². The van der Waals surface area contributed by atoms with Gasteiger partial charge in [-0.2, -0.15) is 0 Å². The molecule has 244 valence electrons. The Labute approximate surface area is 270 Å². The molecule has 14 heteroatoms. The molecule has 0 radical (unpaired) electrons. The molecular weight excluding hydrogens is 628 g/mol. The van der Waals surface area contributed by atoms with Crippen molar-refractivity contribution in [2.45, 2.75) is 28.7 Å². The molecule has 12 nitrogen and oxygen atoms in total. The van der Waals surface area contributed by atoms with E-state index in [1.165, 1.54) is 20.9 Å². The number of benzene rings is 2. The van der Waals surface area contributed by atoms with Gasteiger partial charge in [0.05, 0.1) is 12.7 Å². The standard InChI is InChI=1S/C23H29ClN2O2S.2C4H4O4/c24-19-6-7-23-20(17-19)21(16-18-4-1-2-5-22(18)29-23)28-15-13-26-11-9-25(10-12-26)8-3-14-27;2*5-3(6)1-2-4(7)8/h1-2,4-7,17,21,27H,3,8-16H2;2*1-2H,(H,5,6)(H,7,8)/b;2*2-1-. The smallest absolute Gasteiger partial charge is 0.328 e. The Bertz CT molecular complexity index is 1280. The molecule has 5 N–H and O–H groups in total. The van der Waals surface area contributed by atoms with Crippen LogP contribution in [-0.2, 0) is 30.3 Å². The Balaban J connectivity index is 0.000000365. The molecule has 0 aliphatic carbocycles. The lowest BCUT2D eigenvalue weighted by Crippen LogP contribution is -2.47. The Morgan fingerprint density at radius 2 is 1.33 bits per heavy atom. The Hall–Kier alpha value is -3.72. The van der Waals surface area contributed by atoms with E-state index < -0.39 is 23.9 Å². The number of hydrogen-bond acceptors (Lipinski definition) is 9. The van der Waals surface area contributed by atoms with Crippen molar-refractivity contribution < 1.29 is 49.4 Å². The summed E-state index contributed by atoms with van der Waals surface area (Å²) in [6, 6.07) is 14.8. The number of fused-ring (bicyclic) bond motifs is 2. The van der Waals surface area contributed by atoms with Crippen LogP contribution in [0.5, 0.6) is 0 Å². The summed E-state index contributed by atoms with van der Waals surface area (Å²) in [5.74, 6) is -5.03. The zero-order chi connectivity index (χ0) is 33.2. The van der Waals surface area contributed by atoms with Gasteiger partial charge in [0.15, 0.2) is 0 Å². The maximum atomic E-state index is 9.55. The zero-order valence-electron chi connectivity index (χ0n) is 24.5. The van der Waals surface area contributed by atoms with Gasteiger partial charge in [-0.15, -0.1) is 0 Å². The van der Waals surface area contributed by atoms with Gasteiger partial charge in [-0.05, 0) is 41.8 Å². The van der Waals surface area contributed by atoms with Crippen LogP contribution in [-0.4, -0.2) is 112 Å². The van der Waals surface area contributed by atoms with E-state index in [1.54, 1.807) is 0 Å². The van der Waals surface area contributed by atoms with Crippen LogP contribution < -0.4 is 0 Å². The number of nitrogens with zero attached hydrogens (tertiary/aromatic N) is 2. The van der Waals surface area contributed by atoms with Crippen LogP contribution >= 0.6 is 23.4 Å². The molecular formula is C31H37ClN2O10S. The number of aliphatic carboxylic acids is 4. The molecule has 1 unspecified atom stereocenters. The van der Waals surface area contributed by atoms with E-state index in [-0.39, 0.29) is 12.7 Å². The second-order valence-corrected chi connectivity index (χ2v) is 11.3. The third-order valence-corrected chi connectivity index (χ3v) is 7.92. The first-order chi connectivity index (χ1) is 21.5. The monoisotopic (exact) mass is 664 g/mol. The van der Waals surface area contributed by atoms with Gasteiger partial charge in [-0.1, -0.05) is 41.6 Å². The highest BCUT2D eigenvalue weighted by molar-refractivity contribution is 7.99. The van der Waals surface area contributed by atoms with Gasteiger partial charge < -0.3 is 35.2 Å². The summed E-state index contributed by atoms with van der Waals surface area (Å²) in [5.41, 5.74) is 2.54. The first kappa shape index (κ1) is 37.5. The van der Waals surface area contributed by atoms with Gasteiger partial charge in [-0.25, -0.2) is 19.2 Å². The highest BCUT2D eigenvalue weighted by Crippen LogP contribution is 2.42. The molecule has 2 aliphatic heterocycles. The Kier molecular flexibility index (Phi) is 16.9. The summed E-state index contributed by atoms with van der Waals surface area (Å²) in [4.78, 5) is 45.7. The van der Waals surface area contributed by atoms with E-state index in [1.807, 2.05) is 17.8 Å². The normalized spacial score (nSPS) is 16.4. The fourth-order valence-corrected chi connectivity index (χ4v) is 5.64. The molecule has 45 heavy (non-hydrogen) atoms. The van der Waals surface area contributed by atoms with Gasteiger partial charge in [0.1, 0.15) is 0 Å². The predicted octanol–water partition coefficient (Wildman–Crippen LogP) is 3.53. The minimum atomic E-state index is -1.26. The van der Waals surface area contributed by atoms with Crippen LogP contribution in [0, 0.1) is 0 Å². The molecule has 0 aromatic heterocycles. The van der Waals surface area contributed by atoms with E-state index in [4.69, 9.17) is 41.9 Å². The predicted molar refractivity (Wildman–Crippen MR) is 168 cm³/mol. The van der Waals surface area contributed by atoms with Crippen molar-refractivity contribution in [2.24, 2.45) is 0 Å². The van der Waals surface area contributed by atoms with Crippen LogP contribution in [0.1, 0.15) is 23.7 Å². The molecule has 4 rings (SSSR count). The van der Waals surface area contributed by atoms with Crippen molar-refractivity contribution >= 4 is 47.2 Å². The van der Waals surface area contributed by atoms with Crippen molar-refractivity contribution in [3.05, 3.63) is 82.9 Å². The van der Waals surface area contributed by atoms with Crippen molar-refractivity contribution in [2.75, 3.05) is 52.5 Å². The maximum Gasteiger partial charge on any atom is 0.328 e. The van der Waals surface area contributed by atoms with Crippen LogP contribution in [0.3, 0.4) is 0 Å². The lowest BCUT2D eigenvalue weighted by Gasteiger charge is -2.34. The van der Waals surface area contributed by atoms with E-state index >= 15 is 0 Å². The average molecular weight is 665 g/mol. The number of carbonyl (C=O) groups is 4. The van der Waals surface area contributed by atoms with E-state index in [0.717, 1.165) is 63.7 Å². The SMILES string of the molecule is O=C(O)/C=C\C(=O)O.O=C(O)/C=C\C(=O)O.OCCCN1CCN(CCOC2Cc3ccccc3Sc3ccc(Cl)cc32)CC1.